The zero-order chi connectivity index (χ0) is 12.1. The summed E-state index contributed by atoms with van der Waals surface area (Å²) in [5, 5.41) is 11.6. The molecular weight excluding hydrogens is 217 g/mol. The second-order valence-corrected chi connectivity index (χ2v) is 3.49. The van der Waals surface area contributed by atoms with Gasteiger partial charge in [-0.2, -0.15) is 5.26 Å². The minimum atomic E-state index is -0.242. The van der Waals surface area contributed by atoms with Crippen LogP contribution < -0.4 is 5.32 Å². The number of anilines is 1. The van der Waals surface area contributed by atoms with Crippen molar-refractivity contribution in [3.05, 3.63) is 59.5 Å². The van der Waals surface area contributed by atoms with Gasteiger partial charge in [-0.15, -0.1) is 0 Å². The number of nitrogens with one attached hydrogen (secondary N) is 1. The molecule has 0 amide bonds. The second-order valence-electron chi connectivity index (χ2n) is 3.49. The highest BCUT2D eigenvalue weighted by Crippen LogP contribution is 2.10. The van der Waals surface area contributed by atoms with Crippen molar-refractivity contribution >= 4 is 5.82 Å². The molecule has 2 aromatic rings. The Morgan fingerprint density at radius 2 is 2.06 bits per heavy atom. The molecule has 0 aliphatic heterocycles. The molecule has 0 unspecified atom stereocenters. The monoisotopic (exact) mass is 227 g/mol. The Morgan fingerprint density at radius 1 is 1.24 bits per heavy atom. The Hall–Kier alpha value is -2.41. The fraction of sp³-hybridized carbons (Fsp3) is 0.0769. The van der Waals surface area contributed by atoms with Crippen LogP contribution in [0, 0.1) is 17.1 Å². The number of aromatic nitrogens is 1. The molecule has 0 radical (unpaired) electrons. The van der Waals surface area contributed by atoms with Crippen molar-refractivity contribution in [3.63, 3.8) is 0 Å². The predicted octanol–water partition coefficient (Wildman–Crippen LogP) is 2.70. The summed E-state index contributed by atoms with van der Waals surface area (Å²) in [7, 11) is 0. The molecular formula is C13H10FN3. The van der Waals surface area contributed by atoms with Gasteiger partial charge in [0.2, 0.25) is 0 Å². The molecule has 0 aliphatic rings. The van der Waals surface area contributed by atoms with Crippen molar-refractivity contribution in [2.45, 2.75) is 6.54 Å². The van der Waals surface area contributed by atoms with Gasteiger partial charge in [0, 0.05) is 18.3 Å². The molecule has 0 spiro atoms. The number of pyridine rings is 1. The van der Waals surface area contributed by atoms with E-state index in [2.05, 4.69) is 10.3 Å². The SMILES string of the molecule is N#Cc1ccc(NCc2ccccc2F)nc1. The van der Waals surface area contributed by atoms with Crippen molar-refractivity contribution in [1.29, 1.82) is 5.26 Å². The van der Waals surface area contributed by atoms with E-state index in [1.807, 2.05) is 6.07 Å². The number of nitrogens with zero attached hydrogens (tertiary/aromatic N) is 2. The van der Waals surface area contributed by atoms with E-state index < -0.39 is 0 Å². The first-order valence-corrected chi connectivity index (χ1v) is 5.13. The van der Waals surface area contributed by atoms with Crippen molar-refractivity contribution in [1.82, 2.24) is 4.98 Å². The molecule has 1 aromatic carbocycles. The topological polar surface area (TPSA) is 48.7 Å². The van der Waals surface area contributed by atoms with Crippen LogP contribution in [0.2, 0.25) is 0 Å². The van der Waals surface area contributed by atoms with Gasteiger partial charge in [-0.3, -0.25) is 0 Å². The highest BCUT2D eigenvalue weighted by molar-refractivity contribution is 5.39. The summed E-state index contributed by atoms with van der Waals surface area (Å²) in [4.78, 5) is 4.04. The summed E-state index contributed by atoms with van der Waals surface area (Å²) in [6.45, 7) is 0.367. The molecule has 0 bridgehead atoms. The summed E-state index contributed by atoms with van der Waals surface area (Å²) in [5.41, 5.74) is 1.08. The third-order valence-corrected chi connectivity index (χ3v) is 2.31. The minimum absolute atomic E-state index is 0.242. The maximum absolute atomic E-state index is 13.3. The third-order valence-electron chi connectivity index (χ3n) is 2.31. The molecule has 84 valence electrons. The first-order chi connectivity index (χ1) is 8.29. The lowest BCUT2D eigenvalue weighted by Gasteiger charge is -2.06. The maximum Gasteiger partial charge on any atom is 0.128 e. The molecule has 0 saturated heterocycles. The maximum atomic E-state index is 13.3. The minimum Gasteiger partial charge on any atom is -0.366 e. The normalized spacial score (nSPS) is 9.65. The molecule has 1 aromatic heterocycles. The highest BCUT2D eigenvalue weighted by atomic mass is 19.1. The smallest absolute Gasteiger partial charge is 0.128 e. The van der Waals surface area contributed by atoms with Crippen LogP contribution >= 0.6 is 0 Å². The molecule has 0 saturated carbocycles. The summed E-state index contributed by atoms with van der Waals surface area (Å²) in [6, 6.07) is 11.9. The van der Waals surface area contributed by atoms with Crippen LogP contribution in [0.3, 0.4) is 0 Å². The lowest BCUT2D eigenvalue weighted by Crippen LogP contribution is -2.03. The molecule has 17 heavy (non-hydrogen) atoms. The molecule has 1 heterocycles. The van der Waals surface area contributed by atoms with E-state index in [1.54, 1.807) is 30.3 Å². The number of hydrogen-bond acceptors (Lipinski definition) is 3. The van der Waals surface area contributed by atoms with Crippen LogP contribution in [0.15, 0.2) is 42.6 Å². The summed E-state index contributed by atoms with van der Waals surface area (Å²) in [6.07, 6.45) is 1.48. The van der Waals surface area contributed by atoms with Crippen LogP contribution in [-0.2, 0) is 6.54 Å². The Bertz CT molecular complexity index is 543. The van der Waals surface area contributed by atoms with E-state index in [4.69, 9.17) is 5.26 Å². The van der Waals surface area contributed by atoms with E-state index in [0.717, 1.165) is 0 Å². The van der Waals surface area contributed by atoms with E-state index >= 15 is 0 Å². The summed E-state index contributed by atoms with van der Waals surface area (Å²) >= 11 is 0. The van der Waals surface area contributed by atoms with Gasteiger partial charge in [-0.05, 0) is 18.2 Å². The summed E-state index contributed by atoms with van der Waals surface area (Å²) < 4.78 is 13.3. The standard InChI is InChI=1S/C13H10FN3/c14-12-4-2-1-3-11(12)9-17-13-6-5-10(7-15)8-16-13/h1-6,8H,9H2,(H,16,17). The Morgan fingerprint density at radius 3 is 2.71 bits per heavy atom. The first kappa shape index (κ1) is 11.1. The molecule has 4 heteroatoms. The zero-order valence-corrected chi connectivity index (χ0v) is 9.02. The Kier molecular flexibility index (Phi) is 3.31. The van der Waals surface area contributed by atoms with Crippen LogP contribution in [0.25, 0.3) is 0 Å². The van der Waals surface area contributed by atoms with Gasteiger partial charge in [-0.1, -0.05) is 18.2 Å². The number of benzene rings is 1. The Labute approximate surface area is 98.5 Å². The van der Waals surface area contributed by atoms with Gasteiger partial charge < -0.3 is 5.32 Å². The molecule has 3 nitrogen and oxygen atoms in total. The number of rotatable bonds is 3. The number of halogens is 1. The van der Waals surface area contributed by atoms with Gasteiger partial charge in [0.25, 0.3) is 0 Å². The van der Waals surface area contributed by atoms with E-state index in [-0.39, 0.29) is 5.82 Å². The predicted molar refractivity (Wildman–Crippen MR) is 62.7 cm³/mol. The Balaban J connectivity index is 2.03. The zero-order valence-electron chi connectivity index (χ0n) is 9.02. The second kappa shape index (κ2) is 5.08. The van der Waals surface area contributed by atoms with Gasteiger partial charge in [-0.25, -0.2) is 9.37 Å². The fourth-order valence-corrected chi connectivity index (χ4v) is 1.39. The number of nitriles is 1. The van der Waals surface area contributed by atoms with Crippen molar-refractivity contribution in [3.8, 4) is 6.07 Å². The van der Waals surface area contributed by atoms with Crippen LogP contribution in [0.5, 0.6) is 0 Å². The van der Waals surface area contributed by atoms with Crippen LogP contribution in [0.4, 0.5) is 10.2 Å². The molecule has 0 atom stereocenters. The van der Waals surface area contributed by atoms with E-state index in [0.29, 0.717) is 23.5 Å². The quantitative estimate of drug-likeness (QED) is 0.877. The molecule has 0 aliphatic carbocycles. The highest BCUT2D eigenvalue weighted by Gasteiger charge is 2.00. The lowest BCUT2D eigenvalue weighted by molar-refractivity contribution is 0.613. The van der Waals surface area contributed by atoms with Gasteiger partial charge >= 0.3 is 0 Å². The van der Waals surface area contributed by atoms with Gasteiger partial charge in [0.05, 0.1) is 5.56 Å². The average Bonchev–Trinajstić information content (AvgIpc) is 2.38. The van der Waals surface area contributed by atoms with E-state index in [9.17, 15) is 4.39 Å². The lowest BCUT2D eigenvalue weighted by atomic mass is 10.2. The fourth-order valence-electron chi connectivity index (χ4n) is 1.39. The van der Waals surface area contributed by atoms with Crippen molar-refractivity contribution < 1.29 is 4.39 Å². The number of hydrogen-bond donors (Lipinski definition) is 1. The third kappa shape index (κ3) is 2.79. The van der Waals surface area contributed by atoms with Crippen molar-refractivity contribution in [2.75, 3.05) is 5.32 Å². The molecule has 1 N–H and O–H groups in total. The largest absolute Gasteiger partial charge is 0.366 e. The van der Waals surface area contributed by atoms with Crippen LogP contribution in [-0.4, -0.2) is 4.98 Å². The van der Waals surface area contributed by atoms with Crippen molar-refractivity contribution in [2.24, 2.45) is 0 Å². The molecule has 2 rings (SSSR count). The van der Waals surface area contributed by atoms with Gasteiger partial charge in [0.1, 0.15) is 17.7 Å². The molecule has 0 fully saturated rings. The van der Waals surface area contributed by atoms with E-state index in [1.165, 1.54) is 12.3 Å². The average molecular weight is 227 g/mol. The summed E-state index contributed by atoms with van der Waals surface area (Å²) in [5.74, 6) is 0.376. The first-order valence-electron chi connectivity index (χ1n) is 5.13. The van der Waals surface area contributed by atoms with Gasteiger partial charge in [0.15, 0.2) is 0 Å². The van der Waals surface area contributed by atoms with Crippen LogP contribution in [0.1, 0.15) is 11.1 Å².